The Kier molecular flexibility index (Phi) is 8.96. The minimum absolute atomic E-state index is 1.20. The van der Waals surface area contributed by atoms with Crippen LogP contribution in [0.3, 0.4) is 0 Å². The van der Waals surface area contributed by atoms with Crippen LogP contribution >= 0.6 is 0 Å². The molecule has 0 radical (unpaired) electrons. The van der Waals surface area contributed by atoms with Crippen LogP contribution in [0.15, 0.2) is 255 Å². The van der Waals surface area contributed by atoms with Gasteiger partial charge in [-0.2, -0.15) is 0 Å². The van der Waals surface area contributed by atoms with Gasteiger partial charge < -0.3 is 0 Å². The highest BCUT2D eigenvalue weighted by Crippen LogP contribution is 2.47. The molecule has 0 unspecified atom stereocenters. The van der Waals surface area contributed by atoms with Crippen molar-refractivity contribution >= 4 is 64.6 Å². The zero-order chi connectivity index (χ0) is 43.6. The number of fused-ring (bicyclic) bond motifs is 6. The Hall–Kier alpha value is -8.58. The van der Waals surface area contributed by atoms with E-state index < -0.39 is 0 Å². The van der Waals surface area contributed by atoms with Gasteiger partial charge in [-0.3, -0.25) is 0 Å². The highest BCUT2D eigenvalue weighted by Gasteiger charge is 2.20. The summed E-state index contributed by atoms with van der Waals surface area (Å²) in [6.45, 7) is 0. The highest BCUT2D eigenvalue weighted by molar-refractivity contribution is 6.24. The molecule has 66 heavy (non-hydrogen) atoms. The van der Waals surface area contributed by atoms with E-state index in [0.717, 1.165) is 0 Å². The molecule has 0 N–H and O–H groups in total. The van der Waals surface area contributed by atoms with Crippen LogP contribution in [0.4, 0.5) is 0 Å². The summed E-state index contributed by atoms with van der Waals surface area (Å²) in [7, 11) is 0. The lowest BCUT2D eigenvalue weighted by molar-refractivity contribution is 1.61. The molecule has 13 rings (SSSR count). The maximum atomic E-state index is 2.38. The molecule has 0 nitrogen and oxygen atoms in total. The van der Waals surface area contributed by atoms with Crippen LogP contribution in [-0.4, -0.2) is 0 Å². The van der Waals surface area contributed by atoms with Crippen molar-refractivity contribution in [3.63, 3.8) is 0 Å². The predicted octanol–water partition coefficient (Wildman–Crippen LogP) is 18.6. The van der Waals surface area contributed by atoms with Crippen LogP contribution in [0, 0.1) is 0 Å². The zero-order valence-corrected chi connectivity index (χ0v) is 36.2. The Balaban J connectivity index is 0.891. The van der Waals surface area contributed by atoms with Gasteiger partial charge in [0.15, 0.2) is 0 Å². The van der Waals surface area contributed by atoms with Gasteiger partial charge in [-0.25, -0.2) is 0 Å². The third kappa shape index (κ3) is 6.22. The SMILES string of the molecule is c1ccc(-c2ccccc2-c2c3ccccc3c(-c3ccc4cc(-c5ccc(-c6c7ccccc7c(-c7ccc8ccccc8c7)c7ccccc67)cc5)ccc4c3)c3ccccc23)cc1. The number of hydrogen-bond acceptors (Lipinski definition) is 0. The van der Waals surface area contributed by atoms with Crippen molar-refractivity contribution in [2.75, 3.05) is 0 Å². The van der Waals surface area contributed by atoms with Gasteiger partial charge in [-0.1, -0.05) is 237 Å². The molecule has 306 valence electrons. The first-order valence-corrected chi connectivity index (χ1v) is 22.9. The lowest BCUT2D eigenvalue weighted by atomic mass is 9.83. The van der Waals surface area contributed by atoms with E-state index in [1.807, 2.05) is 0 Å². The average Bonchev–Trinajstić information content (AvgIpc) is 3.39. The first-order valence-electron chi connectivity index (χ1n) is 22.9. The summed E-state index contributed by atoms with van der Waals surface area (Å²) in [5, 5.41) is 15.1. The van der Waals surface area contributed by atoms with Gasteiger partial charge in [0.05, 0.1) is 0 Å². The molecule has 0 aliphatic heterocycles. The topological polar surface area (TPSA) is 0 Å². The van der Waals surface area contributed by atoms with Crippen molar-refractivity contribution in [2.24, 2.45) is 0 Å². The molecule has 0 heterocycles. The summed E-state index contributed by atoms with van der Waals surface area (Å²) in [5.74, 6) is 0. The third-order valence-electron chi connectivity index (χ3n) is 13.8. The van der Waals surface area contributed by atoms with Crippen molar-refractivity contribution < 1.29 is 0 Å². The van der Waals surface area contributed by atoms with Crippen LogP contribution in [-0.2, 0) is 0 Å². The lowest BCUT2D eigenvalue weighted by Crippen LogP contribution is -1.92. The van der Waals surface area contributed by atoms with E-state index in [1.165, 1.54) is 131 Å². The molecule has 0 aromatic heterocycles. The van der Waals surface area contributed by atoms with Crippen LogP contribution in [0.1, 0.15) is 0 Å². The summed E-state index contributed by atoms with van der Waals surface area (Å²) in [5.41, 5.74) is 14.9. The van der Waals surface area contributed by atoms with E-state index in [4.69, 9.17) is 0 Å². The Bertz CT molecular complexity index is 3910. The summed E-state index contributed by atoms with van der Waals surface area (Å²) < 4.78 is 0. The summed E-state index contributed by atoms with van der Waals surface area (Å²) >= 11 is 0. The molecule has 0 aliphatic carbocycles. The molecule has 0 fully saturated rings. The van der Waals surface area contributed by atoms with Crippen molar-refractivity contribution in [3.8, 4) is 66.8 Å². The molecule has 0 atom stereocenters. The van der Waals surface area contributed by atoms with E-state index in [2.05, 4.69) is 255 Å². The Morgan fingerprint density at radius 3 is 0.985 bits per heavy atom. The normalized spacial score (nSPS) is 11.6. The summed E-state index contributed by atoms with van der Waals surface area (Å²) in [6, 6.07) is 94.0. The molecule has 0 saturated carbocycles. The van der Waals surface area contributed by atoms with Crippen molar-refractivity contribution in [2.45, 2.75) is 0 Å². The molecule has 0 bridgehead atoms. The quantitative estimate of drug-likeness (QED) is 0.146. The third-order valence-corrected chi connectivity index (χ3v) is 13.8. The minimum Gasteiger partial charge on any atom is -0.0622 e. The summed E-state index contributed by atoms with van der Waals surface area (Å²) in [4.78, 5) is 0. The van der Waals surface area contributed by atoms with Crippen molar-refractivity contribution in [1.82, 2.24) is 0 Å². The highest BCUT2D eigenvalue weighted by atomic mass is 14.2. The number of benzene rings is 13. The van der Waals surface area contributed by atoms with Gasteiger partial charge >= 0.3 is 0 Å². The zero-order valence-electron chi connectivity index (χ0n) is 36.2. The molecule has 13 aromatic carbocycles. The molecule has 0 saturated heterocycles. The Morgan fingerprint density at radius 1 is 0.152 bits per heavy atom. The van der Waals surface area contributed by atoms with Crippen molar-refractivity contribution in [1.29, 1.82) is 0 Å². The first-order chi connectivity index (χ1) is 32.7. The fourth-order valence-corrected chi connectivity index (χ4v) is 10.8. The van der Waals surface area contributed by atoms with Crippen LogP contribution in [0.25, 0.3) is 131 Å². The smallest absolute Gasteiger partial charge is 0.00201 e. The van der Waals surface area contributed by atoms with E-state index in [-0.39, 0.29) is 0 Å². The fourth-order valence-electron chi connectivity index (χ4n) is 10.8. The molecule has 0 aliphatic rings. The second-order valence-electron chi connectivity index (χ2n) is 17.5. The second kappa shape index (κ2) is 15.6. The van der Waals surface area contributed by atoms with Gasteiger partial charge in [0.2, 0.25) is 0 Å². The van der Waals surface area contributed by atoms with E-state index in [9.17, 15) is 0 Å². The van der Waals surface area contributed by atoms with E-state index in [1.54, 1.807) is 0 Å². The van der Waals surface area contributed by atoms with Gasteiger partial charge in [0, 0.05) is 0 Å². The van der Waals surface area contributed by atoms with Crippen LogP contribution in [0.2, 0.25) is 0 Å². The predicted molar refractivity (Wildman–Crippen MR) is 284 cm³/mol. The largest absolute Gasteiger partial charge is 0.0622 e. The van der Waals surface area contributed by atoms with Crippen LogP contribution < -0.4 is 0 Å². The minimum atomic E-state index is 1.20. The molecular weight excluding hydrogens is 793 g/mol. The maximum absolute atomic E-state index is 2.38. The van der Waals surface area contributed by atoms with Crippen molar-refractivity contribution in [3.05, 3.63) is 255 Å². The Labute approximate surface area is 384 Å². The first kappa shape index (κ1) is 37.9. The lowest BCUT2D eigenvalue weighted by Gasteiger charge is -2.20. The molecule has 13 aromatic rings. The van der Waals surface area contributed by atoms with E-state index in [0.29, 0.717) is 0 Å². The molecule has 0 heteroatoms. The van der Waals surface area contributed by atoms with E-state index >= 15 is 0 Å². The molecular formula is C66H42. The van der Waals surface area contributed by atoms with Gasteiger partial charge in [0.1, 0.15) is 0 Å². The molecule has 0 spiro atoms. The van der Waals surface area contributed by atoms with Crippen LogP contribution in [0.5, 0.6) is 0 Å². The Morgan fingerprint density at radius 2 is 0.470 bits per heavy atom. The average molecular weight is 835 g/mol. The van der Waals surface area contributed by atoms with Gasteiger partial charge in [-0.05, 0) is 150 Å². The second-order valence-corrected chi connectivity index (χ2v) is 17.5. The number of rotatable bonds is 6. The molecule has 0 amide bonds. The van der Waals surface area contributed by atoms with Gasteiger partial charge in [-0.15, -0.1) is 0 Å². The summed E-state index contributed by atoms with van der Waals surface area (Å²) in [6.07, 6.45) is 0. The fraction of sp³-hybridized carbons (Fsp3) is 0. The monoisotopic (exact) mass is 834 g/mol. The number of hydrogen-bond donors (Lipinski definition) is 0. The van der Waals surface area contributed by atoms with Gasteiger partial charge in [0.25, 0.3) is 0 Å². The standard InChI is InChI=1S/C66H42/c1-2-17-45(18-3-1)53-20-6-7-21-54(53)66-61-28-14-12-26-59(61)65(60-27-13-15-29-62(60)66)52-39-37-49-40-48(35-36-50(49)42-52)44-30-33-46(34-31-44)63-55-22-8-10-24-57(55)64(58-25-11-9-23-56(58)63)51-38-32-43-16-4-5-19-47(43)41-51/h1-42H. The maximum Gasteiger partial charge on any atom is -0.00201 e.